The molecule has 108 valence electrons. The van der Waals surface area contributed by atoms with Crippen LogP contribution >= 0.6 is 22.9 Å². The van der Waals surface area contributed by atoms with Gasteiger partial charge in [-0.2, -0.15) is 0 Å². The summed E-state index contributed by atoms with van der Waals surface area (Å²) in [5.74, 6) is 0. The molecule has 0 amide bonds. The van der Waals surface area contributed by atoms with Crippen LogP contribution in [0.3, 0.4) is 0 Å². The van der Waals surface area contributed by atoms with Crippen LogP contribution < -0.4 is 5.32 Å². The number of fused-ring (bicyclic) bond motifs is 1. The third kappa shape index (κ3) is 3.65. The number of nitrogens with one attached hydrogen (secondary N) is 1. The summed E-state index contributed by atoms with van der Waals surface area (Å²) in [7, 11) is 0. The van der Waals surface area contributed by atoms with Gasteiger partial charge in [0, 0.05) is 22.3 Å². The summed E-state index contributed by atoms with van der Waals surface area (Å²) in [6.45, 7) is 3.14. The fourth-order valence-electron chi connectivity index (χ4n) is 2.50. The van der Waals surface area contributed by atoms with Crippen molar-refractivity contribution in [1.29, 1.82) is 0 Å². The Morgan fingerprint density at radius 3 is 2.67 bits per heavy atom. The van der Waals surface area contributed by atoms with E-state index in [0.29, 0.717) is 6.04 Å². The van der Waals surface area contributed by atoms with Crippen molar-refractivity contribution in [2.24, 2.45) is 0 Å². The number of halogens is 1. The Bertz CT molecular complexity index is 717. The standard InChI is InChI=1S/C18H18ClNS/c1-13(10-14-6-8-16(19)9-7-14)20-11-15-12-21-18-5-3-2-4-17(15)18/h2-9,12-13,20H,10-11H2,1H3. The van der Waals surface area contributed by atoms with E-state index in [1.165, 1.54) is 21.2 Å². The second-order valence-corrected chi connectivity index (χ2v) is 6.72. The van der Waals surface area contributed by atoms with Gasteiger partial charge in [-0.15, -0.1) is 11.3 Å². The van der Waals surface area contributed by atoms with Gasteiger partial charge in [0.25, 0.3) is 0 Å². The lowest BCUT2D eigenvalue weighted by Gasteiger charge is -2.13. The molecule has 0 aliphatic carbocycles. The zero-order valence-electron chi connectivity index (χ0n) is 12.0. The summed E-state index contributed by atoms with van der Waals surface area (Å²) in [4.78, 5) is 0. The summed E-state index contributed by atoms with van der Waals surface area (Å²) in [6, 6.07) is 17.1. The van der Waals surface area contributed by atoms with Crippen LogP contribution in [0.1, 0.15) is 18.1 Å². The third-order valence-electron chi connectivity index (χ3n) is 3.66. The van der Waals surface area contributed by atoms with Crippen molar-refractivity contribution in [1.82, 2.24) is 5.32 Å². The highest BCUT2D eigenvalue weighted by molar-refractivity contribution is 7.17. The number of benzene rings is 2. The molecule has 0 fully saturated rings. The molecule has 1 nitrogen and oxygen atoms in total. The molecule has 1 N–H and O–H groups in total. The molecule has 1 aromatic heterocycles. The molecule has 21 heavy (non-hydrogen) atoms. The van der Waals surface area contributed by atoms with Crippen LogP contribution in [0.4, 0.5) is 0 Å². The van der Waals surface area contributed by atoms with Crippen LogP contribution in [-0.2, 0) is 13.0 Å². The summed E-state index contributed by atoms with van der Waals surface area (Å²) < 4.78 is 1.36. The van der Waals surface area contributed by atoms with Crippen molar-refractivity contribution in [2.75, 3.05) is 0 Å². The predicted octanol–water partition coefficient (Wildman–Crippen LogP) is 5.28. The highest BCUT2D eigenvalue weighted by atomic mass is 35.5. The van der Waals surface area contributed by atoms with Crippen molar-refractivity contribution in [3.63, 3.8) is 0 Å². The van der Waals surface area contributed by atoms with E-state index in [1.54, 1.807) is 0 Å². The summed E-state index contributed by atoms with van der Waals surface area (Å²) in [6.07, 6.45) is 1.01. The Morgan fingerprint density at radius 2 is 1.86 bits per heavy atom. The second kappa shape index (κ2) is 6.61. The molecule has 0 bridgehead atoms. The van der Waals surface area contributed by atoms with Gasteiger partial charge >= 0.3 is 0 Å². The first-order chi connectivity index (χ1) is 10.2. The van der Waals surface area contributed by atoms with Crippen molar-refractivity contribution in [3.05, 3.63) is 70.1 Å². The fraction of sp³-hybridized carbons (Fsp3) is 0.222. The van der Waals surface area contributed by atoms with E-state index < -0.39 is 0 Å². The first-order valence-electron chi connectivity index (χ1n) is 7.15. The van der Waals surface area contributed by atoms with Crippen molar-refractivity contribution in [2.45, 2.75) is 25.9 Å². The Morgan fingerprint density at radius 1 is 1.10 bits per heavy atom. The predicted molar refractivity (Wildman–Crippen MR) is 93.3 cm³/mol. The Labute approximate surface area is 134 Å². The monoisotopic (exact) mass is 315 g/mol. The van der Waals surface area contributed by atoms with E-state index in [9.17, 15) is 0 Å². The SMILES string of the molecule is CC(Cc1ccc(Cl)cc1)NCc1csc2ccccc12. The molecule has 3 aromatic rings. The summed E-state index contributed by atoms with van der Waals surface area (Å²) in [5, 5.41) is 8.04. The minimum atomic E-state index is 0.435. The van der Waals surface area contributed by atoms with E-state index >= 15 is 0 Å². The number of hydrogen-bond donors (Lipinski definition) is 1. The van der Waals surface area contributed by atoms with Crippen molar-refractivity contribution >= 4 is 33.0 Å². The lowest BCUT2D eigenvalue weighted by molar-refractivity contribution is 0.547. The molecule has 0 saturated carbocycles. The van der Waals surface area contributed by atoms with Crippen molar-refractivity contribution in [3.8, 4) is 0 Å². The molecule has 0 aliphatic rings. The Kier molecular flexibility index (Phi) is 4.59. The average molecular weight is 316 g/mol. The molecule has 0 saturated heterocycles. The van der Waals surface area contributed by atoms with Gasteiger partial charge in [-0.25, -0.2) is 0 Å². The fourth-order valence-corrected chi connectivity index (χ4v) is 3.59. The van der Waals surface area contributed by atoms with Crippen LogP contribution in [0, 0.1) is 0 Å². The summed E-state index contributed by atoms with van der Waals surface area (Å²) in [5.41, 5.74) is 2.70. The first-order valence-corrected chi connectivity index (χ1v) is 8.41. The van der Waals surface area contributed by atoms with Crippen LogP contribution in [0.15, 0.2) is 53.9 Å². The molecule has 0 spiro atoms. The van der Waals surface area contributed by atoms with Crippen LogP contribution in [0.25, 0.3) is 10.1 Å². The van der Waals surface area contributed by atoms with Gasteiger partial charge in [0.1, 0.15) is 0 Å². The molecule has 1 heterocycles. The van der Waals surface area contributed by atoms with E-state index in [2.05, 4.69) is 54.0 Å². The van der Waals surface area contributed by atoms with E-state index in [-0.39, 0.29) is 0 Å². The van der Waals surface area contributed by atoms with E-state index in [0.717, 1.165) is 18.0 Å². The zero-order chi connectivity index (χ0) is 14.7. The van der Waals surface area contributed by atoms with Gasteiger partial charge < -0.3 is 5.32 Å². The van der Waals surface area contributed by atoms with Crippen molar-refractivity contribution < 1.29 is 0 Å². The molecule has 0 aliphatic heterocycles. The molecular formula is C18H18ClNS. The maximum atomic E-state index is 5.92. The van der Waals surface area contributed by atoms with Gasteiger partial charge in [-0.3, -0.25) is 0 Å². The number of rotatable bonds is 5. The minimum Gasteiger partial charge on any atom is -0.310 e. The number of thiophene rings is 1. The first kappa shape index (κ1) is 14.6. The molecule has 3 rings (SSSR count). The van der Waals surface area contributed by atoms with Crippen LogP contribution in [-0.4, -0.2) is 6.04 Å². The Hall–Kier alpha value is -1.35. The molecule has 0 radical (unpaired) electrons. The van der Waals surface area contributed by atoms with Gasteiger partial charge in [-0.05, 0) is 53.4 Å². The topological polar surface area (TPSA) is 12.0 Å². The maximum absolute atomic E-state index is 5.92. The molecular weight excluding hydrogens is 298 g/mol. The van der Waals surface area contributed by atoms with Gasteiger partial charge in [0.15, 0.2) is 0 Å². The normalized spacial score (nSPS) is 12.7. The Balaban J connectivity index is 1.60. The van der Waals surface area contributed by atoms with Crippen LogP contribution in [0.5, 0.6) is 0 Å². The number of hydrogen-bond acceptors (Lipinski definition) is 2. The highest BCUT2D eigenvalue weighted by Gasteiger charge is 2.06. The largest absolute Gasteiger partial charge is 0.310 e. The van der Waals surface area contributed by atoms with Gasteiger partial charge in [0.2, 0.25) is 0 Å². The van der Waals surface area contributed by atoms with E-state index in [4.69, 9.17) is 11.6 Å². The second-order valence-electron chi connectivity index (χ2n) is 5.37. The third-order valence-corrected chi connectivity index (χ3v) is 4.92. The maximum Gasteiger partial charge on any atom is 0.0406 e. The highest BCUT2D eigenvalue weighted by Crippen LogP contribution is 2.25. The van der Waals surface area contributed by atoms with Gasteiger partial charge in [0.05, 0.1) is 0 Å². The minimum absolute atomic E-state index is 0.435. The zero-order valence-corrected chi connectivity index (χ0v) is 13.5. The summed E-state index contributed by atoms with van der Waals surface area (Å²) >= 11 is 7.73. The smallest absolute Gasteiger partial charge is 0.0406 e. The quantitative estimate of drug-likeness (QED) is 0.676. The van der Waals surface area contributed by atoms with E-state index in [1.807, 2.05) is 23.5 Å². The molecule has 1 unspecified atom stereocenters. The molecule has 1 atom stereocenters. The van der Waals surface area contributed by atoms with Crippen LogP contribution in [0.2, 0.25) is 5.02 Å². The average Bonchev–Trinajstić information content (AvgIpc) is 2.91. The van der Waals surface area contributed by atoms with Gasteiger partial charge in [-0.1, -0.05) is 41.9 Å². The lowest BCUT2D eigenvalue weighted by Crippen LogP contribution is -2.27. The molecule has 2 aromatic carbocycles. The lowest BCUT2D eigenvalue weighted by atomic mass is 10.1. The molecule has 3 heteroatoms.